The maximum Gasteiger partial charge on any atom is 0.162 e. The van der Waals surface area contributed by atoms with E-state index in [0.717, 1.165) is 60.3 Å². The molecule has 0 bridgehead atoms. The number of rotatable bonds is 14. The molecule has 0 atom stereocenters. The summed E-state index contributed by atoms with van der Waals surface area (Å²) in [6.45, 7) is 2.66. The van der Waals surface area contributed by atoms with Crippen molar-refractivity contribution in [3.8, 4) is 11.5 Å². The molecule has 0 aromatic heterocycles. The fourth-order valence-corrected chi connectivity index (χ4v) is 3.54. The molecule has 0 aliphatic heterocycles. The molecule has 0 fully saturated rings. The van der Waals surface area contributed by atoms with Crippen LogP contribution in [-0.4, -0.2) is 5.78 Å². The molecule has 0 unspecified atom stereocenters. The molecule has 0 saturated carbocycles. The zero-order chi connectivity index (χ0) is 23.1. The van der Waals surface area contributed by atoms with Crippen molar-refractivity contribution < 1.29 is 14.3 Å². The number of unbranched alkanes of at least 4 members (excludes halogenated alkanes) is 4. The minimum atomic E-state index is 0.288. The van der Waals surface area contributed by atoms with Gasteiger partial charge >= 0.3 is 0 Å². The molecular weight excluding hydrogens is 408 g/mol. The number of ketones is 1. The van der Waals surface area contributed by atoms with Gasteiger partial charge in [0.05, 0.1) is 0 Å². The average molecular weight is 443 g/mol. The van der Waals surface area contributed by atoms with Crippen LogP contribution in [0.25, 0.3) is 6.08 Å². The first-order chi connectivity index (χ1) is 16.2. The Bertz CT molecular complexity index is 994. The van der Waals surface area contributed by atoms with E-state index in [0.29, 0.717) is 19.6 Å². The number of allylic oxidation sites excluding steroid dienone is 1. The van der Waals surface area contributed by atoms with Crippen LogP contribution < -0.4 is 9.47 Å². The van der Waals surface area contributed by atoms with Crippen LogP contribution in [0.2, 0.25) is 0 Å². The highest BCUT2D eigenvalue weighted by Gasteiger charge is 2.07. The van der Waals surface area contributed by atoms with Gasteiger partial charge in [-0.3, -0.25) is 0 Å². The second-order valence-corrected chi connectivity index (χ2v) is 8.31. The summed E-state index contributed by atoms with van der Waals surface area (Å²) < 4.78 is 12.2. The molecule has 33 heavy (non-hydrogen) atoms. The van der Waals surface area contributed by atoms with Crippen LogP contribution in [0.15, 0.2) is 84.9 Å². The van der Waals surface area contributed by atoms with E-state index in [9.17, 15) is 4.79 Å². The van der Waals surface area contributed by atoms with E-state index >= 15 is 0 Å². The summed E-state index contributed by atoms with van der Waals surface area (Å²) in [6.07, 6.45) is 10.5. The third kappa shape index (κ3) is 9.36. The van der Waals surface area contributed by atoms with Crippen LogP contribution in [0.1, 0.15) is 62.1 Å². The number of carbonyl (C=O) groups excluding carboxylic acids is 1. The number of ether oxygens (including phenoxy) is 2. The first-order valence-electron chi connectivity index (χ1n) is 11.8. The molecule has 3 rings (SSSR count). The molecule has 0 spiro atoms. The number of carbonyl (C=O) groups is 1. The number of hydrogen-bond donors (Lipinski definition) is 0. The Labute approximate surface area is 198 Å². The fraction of sp³-hybridized carbons (Fsp3) is 0.300. The molecule has 3 aromatic rings. The SMILES string of the molecule is CC(=O)CCCCCCC=Cc1ccc(OCc2ccccc2)c(OCc2ccccc2)c1. The molecular formula is C30H34O3. The predicted molar refractivity (Wildman–Crippen MR) is 135 cm³/mol. The van der Waals surface area contributed by atoms with Crippen LogP contribution in [0, 0.1) is 0 Å². The summed E-state index contributed by atoms with van der Waals surface area (Å²) in [5.41, 5.74) is 3.35. The zero-order valence-corrected chi connectivity index (χ0v) is 19.5. The molecule has 3 aromatic carbocycles. The number of Topliss-reactive ketones (excluding diaryl/α,β-unsaturated/α-hetero) is 1. The summed E-state index contributed by atoms with van der Waals surface area (Å²) >= 11 is 0. The third-order valence-electron chi connectivity index (χ3n) is 5.40. The summed E-state index contributed by atoms with van der Waals surface area (Å²) in [4.78, 5) is 11.0. The van der Waals surface area contributed by atoms with Crippen LogP contribution in [-0.2, 0) is 18.0 Å². The number of benzene rings is 3. The largest absolute Gasteiger partial charge is 0.485 e. The first kappa shape index (κ1) is 24.3. The lowest BCUT2D eigenvalue weighted by molar-refractivity contribution is -0.117. The van der Waals surface area contributed by atoms with Gasteiger partial charge in [-0.05, 0) is 55.0 Å². The highest BCUT2D eigenvalue weighted by molar-refractivity contribution is 5.75. The van der Waals surface area contributed by atoms with Gasteiger partial charge in [-0.2, -0.15) is 0 Å². The van der Waals surface area contributed by atoms with Crippen LogP contribution in [0.4, 0.5) is 0 Å². The average Bonchev–Trinajstić information content (AvgIpc) is 2.84. The zero-order valence-electron chi connectivity index (χ0n) is 19.5. The standard InChI is InChI=1S/C30H34O3/c1-25(31)14-8-4-2-3-5-9-15-26-20-21-29(32-23-27-16-10-6-11-17-27)30(22-26)33-24-28-18-12-7-13-19-28/h6-7,9-13,15-22H,2-5,8,14,23-24H2,1H3. The van der Waals surface area contributed by atoms with E-state index in [4.69, 9.17) is 9.47 Å². The summed E-state index contributed by atoms with van der Waals surface area (Å²) in [5.74, 6) is 1.79. The highest BCUT2D eigenvalue weighted by atomic mass is 16.5. The summed E-state index contributed by atoms with van der Waals surface area (Å²) in [5, 5.41) is 0. The molecule has 0 heterocycles. The minimum Gasteiger partial charge on any atom is -0.485 e. The normalized spacial score (nSPS) is 10.9. The topological polar surface area (TPSA) is 35.5 Å². The van der Waals surface area contributed by atoms with Crippen molar-refractivity contribution in [2.45, 2.75) is 58.7 Å². The van der Waals surface area contributed by atoms with Gasteiger partial charge in [0.15, 0.2) is 11.5 Å². The Balaban J connectivity index is 1.58. The van der Waals surface area contributed by atoms with Crippen molar-refractivity contribution >= 4 is 11.9 Å². The molecule has 0 amide bonds. The lowest BCUT2D eigenvalue weighted by Gasteiger charge is -2.14. The second kappa shape index (κ2) is 13.9. The second-order valence-electron chi connectivity index (χ2n) is 8.31. The van der Waals surface area contributed by atoms with Gasteiger partial charge in [0, 0.05) is 6.42 Å². The van der Waals surface area contributed by atoms with Crippen molar-refractivity contribution in [1.82, 2.24) is 0 Å². The smallest absolute Gasteiger partial charge is 0.162 e. The molecule has 3 heteroatoms. The monoisotopic (exact) mass is 442 g/mol. The van der Waals surface area contributed by atoms with Gasteiger partial charge in [-0.15, -0.1) is 0 Å². The van der Waals surface area contributed by atoms with E-state index in [1.54, 1.807) is 6.92 Å². The molecule has 3 nitrogen and oxygen atoms in total. The van der Waals surface area contributed by atoms with E-state index in [-0.39, 0.29) is 5.78 Å². The fourth-order valence-electron chi connectivity index (χ4n) is 3.54. The lowest BCUT2D eigenvalue weighted by Crippen LogP contribution is -2.00. The Kier molecular flexibility index (Phi) is 10.3. The van der Waals surface area contributed by atoms with Crippen molar-refractivity contribution in [1.29, 1.82) is 0 Å². The van der Waals surface area contributed by atoms with Crippen molar-refractivity contribution in [2.24, 2.45) is 0 Å². The Morgan fingerprint density at radius 1 is 0.727 bits per heavy atom. The van der Waals surface area contributed by atoms with Crippen LogP contribution >= 0.6 is 0 Å². The van der Waals surface area contributed by atoms with Gasteiger partial charge in [0.2, 0.25) is 0 Å². The first-order valence-corrected chi connectivity index (χ1v) is 11.8. The Morgan fingerprint density at radius 3 is 1.97 bits per heavy atom. The van der Waals surface area contributed by atoms with Crippen molar-refractivity contribution in [3.63, 3.8) is 0 Å². The van der Waals surface area contributed by atoms with E-state index in [1.165, 1.54) is 0 Å². The third-order valence-corrected chi connectivity index (χ3v) is 5.40. The van der Waals surface area contributed by atoms with Gasteiger partial charge in [0.25, 0.3) is 0 Å². The Morgan fingerprint density at radius 2 is 1.33 bits per heavy atom. The number of hydrogen-bond acceptors (Lipinski definition) is 3. The highest BCUT2D eigenvalue weighted by Crippen LogP contribution is 2.30. The quantitative estimate of drug-likeness (QED) is 0.239. The van der Waals surface area contributed by atoms with E-state index in [2.05, 4.69) is 42.5 Å². The maximum absolute atomic E-state index is 11.0. The van der Waals surface area contributed by atoms with E-state index < -0.39 is 0 Å². The van der Waals surface area contributed by atoms with E-state index in [1.807, 2.05) is 48.5 Å². The molecule has 0 N–H and O–H groups in total. The van der Waals surface area contributed by atoms with Crippen molar-refractivity contribution in [3.05, 3.63) is 102 Å². The van der Waals surface area contributed by atoms with Gasteiger partial charge < -0.3 is 14.3 Å². The minimum absolute atomic E-state index is 0.288. The van der Waals surface area contributed by atoms with Gasteiger partial charge in [-0.1, -0.05) is 91.7 Å². The molecule has 0 aliphatic rings. The van der Waals surface area contributed by atoms with Crippen LogP contribution in [0.3, 0.4) is 0 Å². The Hall–Kier alpha value is -3.33. The summed E-state index contributed by atoms with van der Waals surface area (Å²) in [7, 11) is 0. The summed E-state index contributed by atoms with van der Waals surface area (Å²) in [6, 6.07) is 26.4. The molecule has 0 aliphatic carbocycles. The predicted octanol–water partition coefficient (Wildman–Crippen LogP) is 7.79. The lowest BCUT2D eigenvalue weighted by atomic mass is 10.1. The maximum atomic E-state index is 11.0. The van der Waals surface area contributed by atoms with Crippen LogP contribution in [0.5, 0.6) is 11.5 Å². The molecule has 0 radical (unpaired) electrons. The molecule has 0 saturated heterocycles. The van der Waals surface area contributed by atoms with Crippen molar-refractivity contribution in [2.75, 3.05) is 0 Å². The van der Waals surface area contributed by atoms with Gasteiger partial charge in [0.1, 0.15) is 19.0 Å². The molecule has 172 valence electrons. The van der Waals surface area contributed by atoms with Gasteiger partial charge in [-0.25, -0.2) is 0 Å².